The van der Waals surface area contributed by atoms with Crippen molar-refractivity contribution in [2.45, 2.75) is 6.92 Å². The van der Waals surface area contributed by atoms with Crippen LogP contribution in [0.15, 0.2) is 36.5 Å². The zero-order valence-electron chi connectivity index (χ0n) is 17.5. The van der Waals surface area contributed by atoms with E-state index in [4.69, 9.17) is 33.0 Å². The number of aryl methyl sites for hydroxylation is 1. The highest BCUT2D eigenvalue weighted by molar-refractivity contribution is 6.42. The van der Waals surface area contributed by atoms with Gasteiger partial charge in [0.15, 0.2) is 0 Å². The molecule has 1 aromatic carbocycles. The molecule has 1 saturated heterocycles. The molecule has 0 amide bonds. The second kappa shape index (κ2) is 10.3. The van der Waals surface area contributed by atoms with Gasteiger partial charge in [-0.1, -0.05) is 23.2 Å². The van der Waals surface area contributed by atoms with E-state index in [1.165, 1.54) is 0 Å². The van der Waals surface area contributed by atoms with E-state index in [1.807, 2.05) is 13.0 Å². The number of aliphatic hydroxyl groups is 1. The van der Waals surface area contributed by atoms with E-state index in [2.05, 4.69) is 35.1 Å². The van der Waals surface area contributed by atoms with E-state index >= 15 is 0 Å². The van der Waals surface area contributed by atoms with Gasteiger partial charge in [0, 0.05) is 44.9 Å². The van der Waals surface area contributed by atoms with Gasteiger partial charge in [0.25, 0.3) is 0 Å². The smallest absolute Gasteiger partial charge is 0.232 e. The average Bonchev–Trinajstić information content (AvgIpc) is 2.78. The van der Waals surface area contributed by atoms with E-state index in [0.29, 0.717) is 45.9 Å². The van der Waals surface area contributed by atoms with Gasteiger partial charge in [-0.25, -0.2) is 4.98 Å². The molecular weight excluding hydrogens is 453 g/mol. The standard InChI is InChI=1S/C21H23Cl2N7O2/c1-14-25-20(28-21(26-14)30-8-6-29(7-9-30)10-11-31)27-15-2-5-19(24-13-15)32-16-3-4-17(22)18(23)12-16/h2-5,12-13,31H,6-11H2,1H3,(H,25,26,27,28). The molecule has 3 aromatic rings. The maximum atomic E-state index is 9.11. The molecule has 3 heterocycles. The summed E-state index contributed by atoms with van der Waals surface area (Å²) in [5, 5.41) is 13.2. The second-order valence-corrected chi connectivity index (χ2v) is 8.06. The number of benzene rings is 1. The SMILES string of the molecule is Cc1nc(Nc2ccc(Oc3ccc(Cl)c(Cl)c3)nc2)nc(N2CCN(CCO)CC2)n1. The molecule has 0 bridgehead atoms. The zero-order valence-corrected chi connectivity index (χ0v) is 19.0. The Bertz CT molecular complexity index is 1060. The number of piperazine rings is 1. The highest BCUT2D eigenvalue weighted by Gasteiger charge is 2.19. The van der Waals surface area contributed by atoms with Crippen molar-refractivity contribution in [1.29, 1.82) is 0 Å². The molecule has 1 aliphatic heterocycles. The highest BCUT2D eigenvalue weighted by Crippen LogP contribution is 2.29. The van der Waals surface area contributed by atoms with Crippen molar-refractivity contribution < 1.29 is 9.84 Å². The first-order valence-corrected chi connectivity index (χ1v) is 10.9. The number of nitrogens with one attached hydrogen (secondary N) is 1. The number of ether oxygens (including phenoxy) is 1. The third-order valence-corrected chi connectivity index (χ3v) is 5.65. The Hall–Kier alpha value is -2.72. The number of halogens is 2. The van der Waals surface area contributed by atoms with Gasteiger partial charge < -0.3 is 20.1 Å². The summed E-state index contributed by atoms with van der Waals surface area (Å²) < 4.78 is 5.71. The topological polar surface area (TPSA) is 99.5 Å². The van der Waals surface area contributed by atoms with Crippen molar-refractivity contribution in [2.75, 3.05) is 49.5 Å². The summed E-state index contributed by atoms with van der Waals surface area (Å²) in [5.41, 5.74) is 0.718. The van der Waals surface area contributed by atoms with Gasteiger partial charge in [-0.3, -0.25) is 4.90 Å². The lowest BCUT2D eigenvalue weighted by Gasteiger charge is -2.34. The first-order valence-electron chi connectivity index (χ1n) is 10.2. The van der Waals surface area contributed by atoms with E-state index < -0.39 is 0 Å². The molecule has 0 saturated carbocycles. The summed E-state index contributed by atoms with van der Waals surface area (Å²) in [4.78, 5) is 22.1. The molecule has 2 aromatic heterocycles. The molecule has 9 nitrogen and oxygen atoms in total. The van der Waals surface area contributed by atoms with Gasteiger partial charge in [-0.2, -0.15) is 15.0 Å². The molecule has 2 N–H and O–H groups in total. The first kappa shape index (κ1) is 22.5. The van der Waals surface area contributed by atoms with Crippen LogP contribution in [-0.4, -0.2) is 69.3 Å². The van der Waals surface area contributed by atoms with Crippen molar-refractivity contribution in [3.05, 3.63) is 52.4 Å². The Morgan fingerprint density at radius 1 is 1.03 bits per heavy atom. The minimum Gasteiger partial charge on any atom is -0.439 e. The predicted octanol–water partition coefficient (Wildman–Crippen LogP) is 3.53. The van der Waals surface area contributed by atoms with Crippen molar-refractivity contribution in [3.8, 4) is 11.6 Å². The molecule has 1 aliphatic rings. The molecule has 1 fully saturated rings. The molecule has 0 aliphatic carbocycles. The summed E-state index contributed by atoms with van der Waals surface area (Å²) >= 11 is 12.0. The number of aromatic nitrogens is 4. The fourth-order valence-corrected chi connectivity index (χ4v) is 3.57. The lowest BCUT2D eigenvalue weighted by Crippen LogP contribution is -2.47. The van der Waals surface area contributed by atoms with Crippen LogP contribution in [0.1, 0.15) is 5.82 Å². The number of rotatable bonds is 7. The molecule has 4 rings (SSSR count). The summed E-state index contributed by atoms with van der Waals surface area (Å²) in [7, 11) is 0. The molecule has 11 heteroatoms. The highest BCUT2D eigenvalue weighted by atomic mass is 35.5. The monoisotopic (exact) mass is 475 g/mol. The quantitative estimate of drug-likeness (QED) is 0.531. The number of nitrogens with zero attached hydrogens (tertiary/aromatic N) is 6. The third kappa shape index (κ3) is 5.74. The van der Waals surface area contributed by atoms with E-state index in [-0.39, 0.29) is 6.61 Å². The molecule has 0 radical (unpaired) electrons. The minimum atomic E-state index is 0.171. The van der Waals surface area contributed by atoms with Crippen molar-refractivity contribution >= 4 is 40.8 Å². The normalized spacial score (nSPS) is 14.4. The summed E-state index contributed by atoms with van der Waals surface area (Å²) in [6.07, 6.45) is 1.64. The van der Waals surface area contributed by atoms with Crippen LogP contribution in [-0.2, 0) is 0 Å². The van der Waals surface area contributed by atoms with Gasteiger partial charge in [0.1, 0.15) is 11.6 Å². The van der Waals surface area contributed by atoms with E-state index in [9.17, 15) is 0 Å². The largest absolute Gasteiger partial charge is 0.439 e. The Labute approximate surface area is 196 Å². The first-order chi connectivity index (χ1) is 15.5. The summed E-state index contributed by atoms with van der Waals surface area (Å²) in [6, 6.07) is 8.59. The number of hydrogen-bond donors (Lipinski definition) is 2. The number of aliphatic hydroxyl groups excluding tert-OH is 1. The fraction of sp³-hybridized carbons (Fsp3) is 0.333. The minimum absolute atomic E-state index is 0.171. The Kier molecular flexibility index (Phi) is 7.21. The number of anilines is 3. The lowest BCUT2D eigenvalue weighted by molar-refractivity contribution is 0.188. The van der Waals surface area contributed by atoms with Gasteiger partial charge in [0.05, 0.1) is 28.5 Å². The van der Waals surface area contributed by atoms with Crippen LogP contribution in [0.2, 0.25) is 10.0 Å². The van der Waals surface area contributed by atoms with Gasteiger partial charge >= 0.3 is 0 Å². The second-order valence-electron chi connectivity index (χ2n) is 7.25. The molecule has 0 atom stereocenters. The summed E-state index contributed by atoms with van der Waals surface area (Å²) in [5.74, 6) is 2.68. The Balaban J connectivity index is 1.41. The van der Waals surface area contributed by atoms with Gasteiger partial charge in [0.2, 0.25) is 17.8 Å². The van der Waals surface area contributed by atoms with Gasteiger partial charge in [-0.05, 0) is 25.1 Å². The molecule has 0 unspecified atom stereocenters. The van der Waals surface area contributed by atoms with Crippen LogP contribution in [0.25, 0.3) is 0 Å². The van der Waals surface area contributed by atoms with Crippen LogP contribution < -0.4 is 15.0 Å². The van der Waals surface area contributed by atoms with Crippen molar-refractivity contribution in [1.82, 2.24) is 24.8 Å². The van der Waals surface area contributed by atoms with Crippen molar-refractivity contribution in [2.24, 2.45) is 0 Å². The Morgan fingerprint density at radius 3 is 2.53 bits per heavy atom. The summed E-state index contributed by atoms with van der Waals surface area (Å²) in [6.45, 7) is 6.01. The predicted molar refractivity (Wildman–Crippen MR) is 124 cm³/mol. The third-order valence-electron chi connectivity index (χ3n) is 4.91. The van der Waals surface area contributed by atoms with Crippen LogP contribution in [0.5, 0.6) is 11.6 Å². The van der Waals surface area contributed by atoms with E-state index in [1.54, 1.807) is 30.5 Å². The molecule has 168 valence electrons. The average molecular weight is 476 g/mol. The molecule has 32 heavy (non-hydrogen) atoms. The molecule has 0 spiro atoms. The van der Waals surface area contributed by atoms with Gasteiger partial charge in [-0.15, -0.1) is 0 Å². The maximum absolute atomic E-state index is 9.11. The van der Waals surface area contributed by atoms with Crippen LogP contribution in [0.3, 0.4) is 0 Å². The zero-order chi connectivity index (χ0) is 22.5. The number of hydrogen-bond acceptors (Lipinski definition) is 9. The van der Waals surface area contributed by atoms with Crippen LogP contribution in [0, 0.1) is 6.92 Å². The van der Waals surface area contributed by atoms with Crippen LogP contribution in [0.4, 0.5) is 17.6 Å². The van der Waals surface area contributed by atoms with E-state index in [0.717, 1.165) is 31.9 Å². The Morgan fingerprint density at radius 2 is 1.84 bits per heavy atom. The maximum Gasteiger partial charge on any atom is 0.232 e. The van der Waals surface area contributed by atoms with Crippen LogP contribution >= 0.6 is 23.2 Å². The molecular formula is C21H23Cl2N7O2. The lowest BCUT2D eigenvalue weighted by atomic mass is 10.3. The fourth-order valence-electron chi connectivity index (χ4n) is 3.28. The number of pyridine rings is 1. The number of β-amino-alcohol motifs (C(OH)–C–C–N with tert-alkyl or cyclic N) is 1. The van der Waals surface area contributed by atoms with Crippen molar-refractivity contribution in [3.63, 3.8) is 0 Å².